The molecule has 2 N–H and O–H groups in total. The van der Waals surface area contributed by atoms with Gasteiger partial charge in [0, 0.05) is 24.8 Å². The minimum absolute atomic E-state index is 0.169. The van der Waals surface area contributed by atoms with E-state index < -0.39 is 0 Å². The standard InChI is InChI=1S/C11H15FN2/c12-9-2-1-3-11(8-9)14-6-4-10(13)5-7-14/h1-3,8,10H,4-7,13H2. The van der Waals surface area contributed by atoms with Gasteiger partial charge >= 0.3 is 0 Å². The lowest BCUT2D eigenvalue weighted by Gasteiger charge is -2.31. The number of nitrogens with two attached hydrogens (primary N) is 1. The number of halogens is 1. The molecular formula is C11H15FN2. The summed E-state index contributed by atoms with van der Waals surface area (Å²) in [5.74, 6) is -0.169. The van der Waals surface area contributed by atoms with Crippen LogP contribution in [0.15, 0.2) is 24.3 Å². The molecule has 1 heterocycles. The van der Waals surface area contributed by atoms with Gasteiger partial charge in [-0.15, -0.1) is 0 Å². The van der Waals surface area contributed by atoms with Crippen molar-refractivity contribution >= 4 is 5.69 Å². The van der Waals surface area contributed by atoms with Crippen LogP contribution in [0.4, 0.5) is 10.1 Å². The molecule has 0 atom stereocenters. The molecule has 2 rings (SSSR count). The molecule has 0 radical (unpaired) electrons. The van der Waals surface area contributed by atoms with Crippen LogP contribution in [0.2, 0.25) is 0 Å². The molecule has 0 bridgehead atoms. The molecule has 1 aromatic rings. The fraction of sp³-hybridized carbons (Fsp3) is 0.455. The van der Waals surface area contributed by atoms with Gasteiger partial charge in [-0.1, -0.05) is 6.07 Å². The van der Waals surface area contributed by atoms with Crippen LogP contribution in [0.25, 0.3) is 0 Å². The lowest BCUT2D eigenvalue weighted by atomic mass is 10.1. The monoisotopic (exact) mass is 194 g/mol. The smallest absolute Gasteiger partial charge is 0.125 e. The first-order valence-corrected chi connectivity index (χ1v) is 5.02. The number of benzene rings is 1. The van der Waals surface area contributed by atoms with Gasteiger partial charge in [-0.05, 0) is 31.0 Å². The Balaban J connectivity index is 2.08. The van der Waals surface area contributed by atoms with E-state index in [1.807, 2.05) is 6.07 Å². The number of hydrogen-bond acceptors (Lipinski definition) is 2. The largest absolute Gasteiger partial charge is 0.371 e. The van der Waals surface area contributed by atoms with Gasteiger partial charge < -0.3 is 10.6 Å². The molecule has 0 aliphatic carbocycles. The maximum absolute atomic E-state index is 12.9. The first-order valence-electron chi connectivity index (χ1n) is 5.02. The van der Waals surface area contributed by atoms with Crippen molar-refractivity contribution in [2.24, 2.45) is 5.73 Å². The van der Waals surface area contributed by atoms with E-state index in [2.05, 4.69) is 4.90 Å². The van der Waals surface area contributed by atoms with E-state index in [0.29, 0.717) is 6.04 Å². The lowest BCUT2D eigenvalue weighted by Crippen LogP contribution is -2.39. The molecule has 1 aromatic carbocycles. The quantitative estimate of drug-likeness (QED) is 0.738. The highest BCUT2D eigenvalue weighted by Gasteiger charge is 2.16. The third-order valence-electron chi connectivity index (χ3n) is 2.71. The predicted octanol–water partition coefficient (Wildman–Crippen LogP) is 1.75. The minimum Gasteiger partial charge on any atom is -0.371 e. The normalized spacial score (nSPS) is 18.6. The van der Waals surface area contributed by atoms with Crippen LogP contribution in [-0.4, -0.2) is 19.1 Å². The van der Waals surface area contributed by atoms with Gasteiger partial charge in [-0.3, -0.25) is 0 Å². The Hall–Kier alpha value is -1.09. The van der Waals surface area contributed by atoms with E-state index >= 15 is 0 Å². The van der Waals surface area contributed by atoms with Crippen LogP contribution in [0.5, 0.6) is 0 Å². The van der Waals surface area contributed by atoms with E-state index in [4.69, 9.17) is 5.73 Å². The number of anilines is 1. The Morgan fingerprint density at radius 2 is 2.00 bits per heavy atom. The summed E-state index contributed by atoms with van der Waals surface area (Å²) in [5.41, 5.74) is 6.77. The molecule has 1 saturated heterocycles. The van der Waals surface area contributed by atoms with Gasteiger partial charge in [0.05, 0.1) is 0 Å². The van der Waals surface area contributed by atoms with Crippen molar-refractivity contribution in [3.63, 3.8) is 0 Å². The van der Waals surface area contributed by atoms with Crippen molar-refractivity contribution < 1.29 is 4.39 Å². The van der Waals surface area contributed by atoms with Crippen LogP contribution in [0, 0.1) is 5.82 Å². The van der Waals surface area contributed by atoms with E-state index in [9.17, 15) is 4.39 Å². The molecule has 3 heteroatoms. The van der Waals surface area contributed by atoms with Crippen molar-refractivity contribution in [1.82, 2.24) is 0 Å². The molecule has 0 amide bonds. The summed E-state index contributed by atoms with van der Waals surface area (Å²) in [6, 6.07) is 7.06. The van der Waals surface area contributed by atoms with E-state index in [0.717, 1.165) is 31.6 Å². The van der Waals surface area contributed by atoms with E-state index in [1.165, 1.54) is 6.07 Å². The highest BCUT2D eigenvalue weighted by molar-refractivity contribution is 5.46. The second-order valence-corrected chi connectivity index (χ2v) is 3.80. The Bertz CT molecular complexity index is 306. The van der Waals surface area contributed by atoms with Crippen molar-refractivity contribution in [2.45, 2.75) is 18.9 Å². The summed E-state index contributed by atoms with van der Waals surface area (Å²) in [5, 5.41) is 0. The maximum atomic E-state index is 12.9. The molecule has 1 fully saturated rings. The average molecular weight is 194 g/mol. The summed E-state index contributed by atoms with van der Waals surface area (Å²) in [6.45, 7) is 1.87. The summed E-state index contributed by atoms with van der Waals surface area (Å²) in [7, 11) is 0. The third-order valence-corrected chi connectivity index (χ3v) is 2.71. The van der Waals surface area contributed by atoms with E-state index in [-0.39, 0.29) is 5.82 Å². The first-order chi connectivity index (χ1) is 6.75. The Morgan fingerprint density at radius 3 is 2.64 bits per heavy atom. The first kappa shape index (κ1) is 9.46. The number of rotatable bonds is 1. The Morgan fingerprint density at radius 1 is 1.29 bits per heavy atom. The fourth-order valence-corrected chi connectivity index (χ4v) is 1.83. The van der Waals surface area contributed by atoms with Gasteiger partial charge in [-0.25, -0.2) is 4.39 Å². The van der Waals surface area contributed by atoms with Crippen LogP contribution in [0.1, 0.15) is 12.8 Å². The SMILES string of the molecule is NC1CCN(c2cccc(F)c2)CC1. The van der Waals surface area contributed by atoms with Crippen molar-refractivity contribution in [3.05, 3.63) is 30.1 Å². The molecular weight excluding hydrogens is 179 g/mol. The summed E-state index contributed by atoms with van der Waals surface area (Å²) in [6.07, 6.45) is 1.99. The Labute approximate surface area is 83.5 Å². The second kappa shape index (κ2) is 3.96. The lowest BCUT2D eigenvalue weighted by molar-refractivity contribution is 0.500. The van der Waals surface area contributed by atoms with Gasteiger partial charge in [0.15, 0.2) is 0 Å². The zero-order chi connectivity index (χ0) is 9.97. The molecule has 14 heavy (non-hydrogen) atoms. The van der Waals surface area contributed by atoms with E-state index in [1.54, 1.807) is 12.1 Å². The molecule has 2 nitrogen and oxygen atoms in total. The summed E-state index contributed by atoms with van der Waals surface area (Å²) < 4.78 is 12.9. The molecule has 0 unspecified atom stereocenters. The molecule has 76 valence electrons. The van der Waals surface area contributed by atoms with Crippen LogP contribution < -0.4 is 10.6 Å². The third kappa shape index (κ3) is 2.04. The number of nitrogens with zero attached hydrogens (tertiary/aromatic N) is 1. The minimum atomic E-state index is -0.169. The zero-order valence-corrected chi connectivity index (χ0v) is 8.12. The highest BCUT2D eigenvalue weighted by Crippen LogP contribution is 2.19. The van der Waals surface area contributed by atoms with Crippen LogP contribution in [0.3, 0.4) is 0 Å². The second-order valence-electron chi connectivity index (χ2n) is 3.80. The molecule has 1 aliphatic rings. The van der Waals surface area contributed by atoms with Gasteiger partial charge in [0.25, 0.3) is 0 Å². The van der Waals surface area contributed by atoms with Gasteiger partial charge in [0.1, 0.15) is 5.82 Å². The average Bonchev–Trinajstić information content (AvgIpc) is 2.19. The number of hydrogen-bond donors (Lipinski definition) is 1. The van der Waals surface area contributed by atoms with Crippen molar-refractivity contribution in [3.8, 4) is 0 Å². The number of piperidine rings is 1. The van der Waals surface area contributed by atoms with Crippen molar-refractivity contribution in [1.29, 1.82) is 0 Å². The zero-order valence-electron chi connectivity index (χ0n) is 8.12. The molecule has 1 aliphatic heterocycles. The maximum Gasteiger partial charge on any atom is 0.125 e. The molecule has 0 spiro atoms. The van der Waals surface area contributed by atoms with Crippen LogP contribution >= 0.6 is 0 Å². The van der Waals surface area contributed by atoms with Crippen molar-refractivity contribution in [2.75, 3.05) is 18.0 Å². The van der Waals surface area contributed by atoms with Gasteiger partial charge in [0.2, 0.25) is 0 Å². The van der Waals surface area contributed by atoms with Crippen LogP contribution in [-0.2, 0) is 0 Å². The fourth-order valence-electron chi connectivity index (χ4n) is 1.83. The topological polar surface area (TPSA) is 29.3 Å². The highest BCUT2D eigenvalue weighted by atomic mass is 19.1. The summed E-state index contributed by atoms with van der Waals surface area (Å²) in [4.78, 5) is 2.19. The molecule has 0 aromatic heterocycles. The summed E-state index contributed by atoms with van der Waals surface area (Å²) >= 11 is 0. The Kier molecular flexibility index (Phi) is 2.68. The van der Waals surface area contributed by atoms with Gasteiger partial charge in [-0.2, -0.15) is 0 Å². The predicted molar refractivity (Wildman–Crippen MR) is 55.8 cm³/mol. The molecule has 0 saturated carbocycles.